The summed E-state index contributed by atoms with van der Waals surface area (Å²) >= 11 is 0. The predicted molar refractivity (Wildman–Crippen MR) is 103 cm³/mol. The maximum absolute atomic E-state index is 12.3. The van der Waals surface area contributed by atoms with Gasteiger partial charge in [0.15, 0.2) is 9.84 Å². The second-order valence-corrected chi connectivity index (χ2v) is 9.26. The molecule has 0 bridgehead atoms. The number of carbonyl (C=O) groups is 2. The molecule has 0 aromatic rings. The number of nitriles is 1. The van der Waals surface area contributed by atoms with Crippen LogP contribution in [0.5, 0.6) is 0 Å². The summed E-state index contributed by atoms with van der Waals surface area (Å²) in [6.45, 7) is 2.46. The molecule has 0 aromatic carbocycles. The Morgan fingerprint density at radius 2 is 2.29 bits per heavy atom. The van der Waals surface area contributed by atoms with Crippen molar-refractivity contribution in [3.63, 3.8) is 0 Å². The third-order valence-electron chi connectivity index (χ3n) is 4.95. The minimum atomic E-state index is -3.09. The molecule has 1 atom stereocenters. The van der Waals surface area contributed by atoms with Crippen LogP contribution in [-0.4, -0.2) is 87.5 Å². The number of nitrogens with one attached hydrogen (secondary N) is 1. The summed E-state index contributed by atoms with van der Waals surface area (Å²) in [6.07, 6.45) is 3.98. The zero-order chi connectivity index (χ0) is 20.6. The molecular weight excluding hydrogens is 384 g/mol. The first-order chi connectivity index (χ1) is 13.4. The van der Waals surface area contributed by atoms with Gasteiger partial charge < -0.3 is 19.9 Å². The van der Waals surface area contributed by atoms with E-state index in [0.29, 0.717) is 45.5 Å². The van der Waals surface area contributed by atoms with Crippen molar-refractivity contribution in [2.24, 2.45) is 0 Å². The summed E-state index contributed by atoms with van der Waals surface area (Å²) in [5, 5.41) is 12.1. The third-order valence-corrected chi connectivity index (χ3v) is 6.70. The van der Waals surface area contributed by atoms with Gasteiger partial charge in [-0.1, -0.05) is 0 Å². The number of ether oxygens (including phenoxy) is 1. The van der Waals surface area contributed by atoms with Crippen LogP contribution in [0, 0.1) is 11.3 Å². The fourth-order valence-corrected chi connectivity index (χ4v) is 5.14. The lowest BCUT2D eigenvalue weighted by Gasteiger charge is -2.26. The van der Waals surface area contributed by atoms with Gasteiger partial charge in [-0.15, -0.1) is 0 Å². The molecule has 0 spiro atoms. The fourth-order valence-electron chi connectivity index (χ4n) is 3.40. The Labute approximate surface area is 166 Å². The van der Waals surface area contributed by atoms with Crippen molar-refractivity contribution in [2.75, 3.05) is 51.4 Å². The lowest BCUT2D eigenvalue weighted by Crippen LogP contribution is -2.36. The largest absolute Gasteiger partial charge is 0.383 e. The number of hydrogen-bond acceptors (Lipinski definition) is 7. The topological polar surface area (TPSA) is 120 Å². The molecule has 1 N–H and O–H groups in total. The molecule has 2 aliphatic heterocycles. The molecule has 10 heteroatoms. The molecule has 9 nitrogen and oxygen atoms in total. The predicted octanol–water partition coefficient (Wildman–Crippen LogP) is -0.342. The molecule has 156 valence electrons. The Hall–Kier alpha value is -2.12. The normalized spacial score (nSPS) is 21.6. The lowest BCUT2D eigenvalue weighted by atomic mass is 10.2. The SMILES string of the molecule is COCCN(/C=C(/C#N)C(=O)NCCCN1CCCC1=O)C1CCS(=O)(=O)C1. The molecule has 2 amide bonds. The van der Waals surface area contributed by atoms with Crippen molar-refractivity contribution in [3.8, 4) is 6.07 Å². The van der Waals surface area contributed by atoms with Crippen LogP contribution in [0.25, 0.3) is 0 Å². The van der Waals surface area contributed by atoms with Crippen LogP contribution in [0.1, 0.15) is 25.7 Å². The van der Waals surface area contributed by atoms with Gasteiger partial charge in [-0.25, -0.2) is 8.42 Å². The second-order valence-electron chi connectivity index (χ2n) is 7.04. The molecule has 2 heterocycles. The first-order valence-corrected chi connectivity index (χ1v) is 11.3. The highest BCUT2D eigenvalue weighted by atomic mass is 32.2. The van der Waals surface area contributed by atoms with Crippen LogP contribution in [-0.2, 0) is 24.2 Å². The van der Waals surface area contributed by atoms with Crippen LogP contribution in [0.15, 0.2) is 11.8 Å². The van der Waals surface area contributed by atoms with Gasteiger partial charge in [0.05, 0.1) is 18.1 Å². The maximum atomic E-state index is 12.3. The van der Waals surface area contributed by atoms with Gasteiger partial charge in [-0.05, 0) is 19.3 Å². The van der Waals surface area contributed by atoms with E-state index in [1.54, 1.807) is 9.80 Å². The van der Waals surface area contributed by atoms with E-state index in [0.717, 1.165) is 13.0 Å². The van der Waals surface area contributed by atoms with Crippen molar-refractivity contribution >= 4 is 21.7 Å². The number of rotatable bonds is 10. The van der Waals surface area contributed by atoms with E-state index in [1.165, 1.54) is 13.3 Å². The Bertz CT molecular complexity index is 744. The van der Waals surface area contributed by atoms with Gasteiger partial charge in [0.1, 0.15) is 11.6 Å². The van der Waals surface area contributed by atoms with Crippen molar-refractivity contribution in [1.29, 1.82) is 5.26 Å². The van der Waals surface area contributed by atoms with Crippen molar-refractivity contribution in [3.05, 3.63) is 11.8 Å². The van der Waals surface area contributed by atoms with E-state index in [1.807, 2.05) is 6.07 Å². The zero-order valence-electron chi connectivity index (χ0n) is 16.2. The summed E-state index contributed by atoms with van der Waals surface area (Å²) in [7, 11) is -1.55. The Morgan fingerprint density at radius 3 is 2.86 bits per heavy atom. The Balaban J connectivity index is 1.91. The first-order valence-electron chi connectivity index (χ1n) is 9.49. The third kappa shape index (κ3) is 6.49. The quantitative estimate of drug-likeness (QED) is 0.296. The van der Waals surface area contributed by atoms with Crippen molar-refractivity contribution in [1.82, 2.24) is 15.1 Å². The molecule has 28 heavy (non-hydrogen) atoms. The van der Waals surface area contributed by atoms with E-state index < -0.39 is 15.7 Å². The van der Waals surface area contributed by atoms with Gasteiger partial charge in [0.25, 0.3) is 5.91 Å². The van der Waals surface area contributed by atoms with Crippen LogP contribution in [0.3, 0.4) is 0 Å². The number of nitrogens with zero attached hydrogens (tertiary/aromatic N) is 3. The number of carbonyl (C=O) groups excluding carboxylic acids is 2. The monoisotopic (exact) mass is 412 g/mol. The van der Waals surface area contributed by atoms with E-state index in [-0.39, 0.29) is 29.0 Å². The molecule has 0 saturated carbocycles. The Kier molecular flexibility index (Phi) is 8.26. The smallest absolute Gasteiger partial charge is 0.263 e. The molecule has 2 saturated heterocycles. The molecule has 2 fully saturated rings. The standard InChI is InChI=1S/C18H28N4O5S/c1-27-10-9-22(16-5-11-28(25,26)14-16)13-15(12-19)18(24)20-6-3-8-21-7-2-4-17(21)23/h13,16H,2-11,14H2,1H3,(H,20,24)/b15-13-. The molecule has 2 rings (SSSR count). The van der Waals surface area contributed by atoms with Gasteiger partial charge in [-0.2, -0.15) is 5.26 Å². The minimum absolute atomic E-state index is 0.0113. The molecular formula is C18H28N4O5S. The van der Waals surface area contributed by atoms with E-state index in [2.05, 4.69) is 5.32 Å². The minimum Gasteiger partial charge on any atom is -0.383 e. The van der Waals surface area contributed by atoms with Crippen molar-refractivity contribution in [2.45, 2.75) is 31.7 Å². The fraction of sp³-hybridized carbons (Fsp3) is 0.722. The maximum Gasteiger partial charge on any atom is 0.263 e. The summed E-state index contributed by atoms with van der Waals surface area (Å²) in [5.74, 6) is -0.238. The van der Waals surface area contributed by atoms with Crippen molar-refractivity contribution < 1.29 is 22.7 Å². The van der Waals surface area contributed by atoms with Gasteiger partial charge in [0, 0.05) is 52.0 Å². The van der Waals surface area contributed by atoms with Gasteiger partial charge in [-0.3, -0.25) is 9.59 Å². The van der Waals surface area contributed by atoms with Crippen LogP contribution in [0.4, 0.5) is 0 Å². The first kappa shape index (κ1) is 22.2. The average Bonchev–Trinajstić information content (AvgIpc) is 3.23. The second kappa shape index (κ2) is 10.4. The van der Waals surface area contributed by atoms with Crippen LogP contribution < -0.4 is 5.32 Å². The zero-order valence-corrected chi connectivity index (χ0v) is 17.0. The van der Waals surface area contributed by atoms with E-state index in [4.69, 9.17) is 4.74 Å². The van der Waals surface area contributed by atoms with E-state index in [9.17, 15) is 23.3 Å². The average molecular weight is 413 g/mol. The highest BCUT2D eigenvalue weighted by molar-refractivity contribution is 7.91. The highest BCUT2D eigenvalue weighted by Crippen LogP contribution is 2.19. The summed E-state index contributed by atoms with van der Waals surface area (Å²) < 4.78 is 28.6. The lowest BCUT2D eigenvalue weighted by molar-refractivity contribution is -0.127. The molecule has 2 aliphatic rings. The van der Waals surface area contributed by atoms with Crippen LogP contribution in [0.2, 0.25) is 0 Å². The van der Waals surface area contributed by atoms with Gasteiger partial charge >= 0.3 is 0 Å². The molecule has 0 aliphatic carbocycles. The summed E-state index contributed by atoms with van der Waals surface area (Å²) in [5.41, 5.74) is -0.0716. The number of methoxy groups -OCH3 is 1. The molecule has 0 radical (unpaired) electrons. The number of likely N-dealkylation sites (tertiary alicyclic amines) is 1. The van der Waals surface area contributed by atoms with Gasteiger partial charge in [0.2, 0.25) is 5.91 Å². The summed E-state index contributed by atoms with van der Waals surface area (Å²) in [4.78, 5) is 27.4. The number of sulfone groups is 1. The summed E-state index contributed by atoms with van der Waals surface area (Å²) in [6, 6.07) is 1.63. The molecule has 1 unspecified atom stereocenters. The van der Waals surface area contributed by atoms with Crippen LogP contribution >= 0.6 is 0 Å². The van der Waals surface area contributed by atoms with E-state index >= 15 is 0 Å². The Morgan fingerprint density at radius 1 is 1.50 bits per heavy atom. The highest BCUT2D eigenvalue weighted by Gasteiger charge is 2.31. The molecule has 0 aromatic heterocycles. The number of hydrogen-bond donors (Lipinski definition) is 1. The number of amides is 2.